The van der Waals surface area contributed by atoms with Gasteiger partial charge in [-0.05, 0) is 43.9 Å². The number of rotatable bonds is 2. The number of aromatic nitrogens is 2. The molecule has 1 aliphatic rings. The van der Waals surface area contributed by atoms with E-state index < -0.39 is 0 Å². The first kappa shape index (κ1) is 12.2. The summed E-state index contributed by atoms with van der Waals surface area (Å²) in [6.07, 6.45) is 5.78. The molecule has 1 heterocycles. The number of nitrogens with zero attached hydrogens (tertiary/aromatic N) is 1. The fraction of sp³-hybridized carbons (Fsp3) is 0.429. The molecule has 5 nitrogen and oxygen atoms in total. The maximum atomic E-state index is 11.6. The van der Waals surface area contributed by atoms with Gasteiger partial charge in [0.25, 0.3) is 5.56 Å². The van der Waals surface area contributed by atoms with Crippen molar-refractivity contribution < 1.29 is 0 Å². The fourth-order valence-corrected chi connectivity index (χ4v) is 2.66. The molecule has 0 radical (unpaired) electrons. The molecule has 1 aromatic carbocycles. The first-order valence-corrected chi connectivity index (χ1v) is 6.72. The van der Waals surface area contributed by atoms with Gasteiger partial charge in [0.1, 0.15) is 0 Å². The van der Waals surface area contributed by atoms with Crippen molar-refractivity contribution in [1.29, 1.82) is 0 Å². The number of aromatic amines is 1. The maximum absolute atomic E-state index is 11.6. The molecule has 3 rings (SSSR count). The van der Waals surface area contributed by atoms with Crippen LogP contribution in [0.2, 0.25) is 0 Å². The fourth-order valence-electron chi connectivity index (χ4n) is 2.66. The third-order valence-corrected chi connectivity index (χ3v) is 3.78. The third-order valence-electron chi connectivity index (χ3n) is 3.78. The van der Waals surface area contributed by atoms with E-state index in [0.29, 0.717) is 17.5 Å². The van der Waals surface area contributed by atoms with Crippen molar-refractivity contribution in [2.75, 3.05) is 5.32 Å². The van der Waals surface area contributed by atoms with E-state index in [1.807, 2.05) is 18.2 Å². The van der Waals surface area contributed by atoms with Gasteiger partial charge in [0.05, 0.1) is 17.2 Å². The van der Waals surface area contributed by atoms with E-state index in [0.717, 1.165) is 36.9 Å². The van der Waals surface area contributed by atoms with Gasteiger partial charge in [-0.3, -0.25) is 4.79 Å². The molecule has 1 fully saturated rings. The highest BCUT2D eigenvalue weighted by molar-refractivity contribution is 5.81. The van der Waals surface area contributed by atoms with Gasteiger partial charge in [-0.2, -0.15) is 0 Å². The summed E-state index contributed by atoms with van der Waals surface area (Å²) in [7, 11) is 0. The number of H-pyrrole nitrogens is 1. The Balaban J connectivity index is 1.80. The number of nitrogens with two attached hydrogens (primary N) is 1. The monoisotopic (exact) mass is 258 g/mol. The summed E-state index contributed by atoms with van der Waals surface area (Å²) in [6, 6.07) is 6.51. The normalized spacial score (nSPS) is 23.4. The largest absolute Gasteiger partial charge is 0.382 e. The number of fused-ring (bicyclic) bond motifs is 1. The summed E-state index contributed by atoms with van der Waals surface area (Å²) in [5.74, 6) is 0. The Morgan fingerprint density at radius 3 is 2.84 bits per heavy atom. The summed E-state index contributed by atoms with van der Waals surface area (Å²) in [4.78, 5) is 18.4. The van der Waals surface area contributed by atoms with E-state index in [9.17, 15) is 4.79 Å². The minimum atomic E-state index is -0.0970. The number of anilines is 1. The molecular weight excluding hydrogens is 240 g/mol. The Morgan fingerprint density at radius 2 is 2.05 bits per heavy atom. The van der Waals surface area contributed by atoms with Crippen LogP contribution in [-0.2, 0) is 0 Å². The second-order valence-electron chi connectivity index (χ2n) is 5.22. The van der Waals surface area contributed by atoms with Crippen molar-refractivity contribution in [1.82, 2.24) is 9.97 Å². The first-order valence-electron chi connectivity index (χ1n) is 6.72. The lowest BCUT2D eigenvalue weighted by molar-refractivity contribution is 0.411. The Bertz CT molecular complexity index is 629. The molecule has 2 aromatic rings. The van der Waals surface area contributed by atoms with Gasteiger partial charge >= 0.3 is 0 Å². The molecule has 4 N–H and O–H groups in total. The van der Waals surface area contributed by atoms with Crippen LogP contribution in [0.15, 0.2) is 29.3 Å². The van der Waals surface area contributed by atoms with Crippen molar-refractivity contribution in [3.63, 3.8) is 0 Å². The Morgan fingerprint density at radius 1 is 1.26 bits per heavy atom. The second kappa shape index (κ2) is 5.01. The van der Waals surface area contributed by atoms with Crippen molar-refractivity contribution in [2.45, 2.75) is 37.8 Å². The average Bonchev–Trinajstić information content (AvgIpc) is 2.42. The van der Waals surface area contributed by atoms with Gasteiger partial charge in [-0.25, -0.2) is 4.98 Å². The summed E-state index contributed by atoms with van der Waals surface area (Å²) in [5.41, 5.74) is 7.55. The predicted octanol–water partition coefficient (Wildman–Crippen LogP) is 1.60. The third kappa shape index (κ3) is 2.61. The van der Waals surface area contributed by atoms with Crippen molar-refractivity contribution >= 4 is 16.6 Å². The zero-order chi connectivity index (χ0) is 13.2. The van der Waals surface area contributed by atoms with E-state index in [4.69, 9.17) is 5.73 Å². The molecule has 1 aromatic heterocycles. The Labute approximate surface area is 111 Å². The van der Waals surface area contributed by atoms with E-state index in [2.05, 4.69) is 15.3 Å². The molecule has 1 aliphatic carbocycles. The molecule has 0 unspecified atom stereocenters. The molecule has 0 saturated heterocycles. The molecule has 5 heteroatoms. The number of hydrogen-bond donors (Lipinski definition) is 3. The second-order valence-corrected chi connectivity index (χ2v) is 5.22. The Kier molecular flexibility index (Phi) is 3.21. The van der Waals surface area contributed by atoms with Crippen LogP contribution < -0.4 is 16.6 Å². The zero-order valence-corrected chi connectivity index (χ0v) is 10.7. The highest BCUT2D eigenvalue weighted by Gasteiger charge is 2.18. The molecular formula is C14H18N4O. The Hall–Kier alpha value is -1.88. The number of nitrogens with one attached hydrogen (secondary N) is 2. The summed E-state index contributed by atoms with van der Waals surface area (Å²) >= 11 is 0. The molecule has 100 valence electrons. The van der Waals surface area contributed by atoms with E-state index in [1.54, 1.807) is 0 Å². The van der Waals surface area contributed by atoms with Crippen LogP contribution >= 0.6 is 0 Å². The van der Waals surface area contributed by atoms with Crippen molar-refractivity contribution in [3.8, 4) is 0 Å². The minimum Gasteiger partial charge on any atom is -0.382 e. The van der Waals surface area contributed by atoms with Gasteiger partial charge in [0, 0.05) is 17.8 Å². The topological polar surface area (TPSA) is 83.8 Å². The van der Waals surface area contributed by atoms with Gasteiger partial charge in [-0.1, -0.05) is 0 Å². The first-order chi connectivity index (χ1) is 9.22. The quantitative estimate of drug-likeness (QED) is 0.764. The number of benzene rings is 1. The van der Waals surface area contributed by atoms with Crippen molar-refractivity contribution in [3.05, 3.63) is 34.9 Å². The maximum Gasteiger partial charge on any atom is 0.258 e. The highest BCUT2D eigenvalue weighted by atomic mass is 16.1. The summed E-state index contributed by atoms with van der Waals surface area (Å²) < 4.78 is 0. The summed E-state index contributed by atoms with van der Waals surface area (Å²) in [5, 5.41) is 4.13. The van der Waals surface area contributed by atoms with Gasteiger partial charge < -0.3 is 16.0 Å². The lowest BCUT2D eigenvalue weighted by atomic mass is 9.91. The van der Waals surface area contributed by atoms with Gasteiger partial charge in [0.15, 0.2) is 0 Å². The molecule has 0 aliphatic heterocycles. The summed E-state index contributed by atoms with van der Waals surface area (Å²) in [6.45, 7) is 0. The highest BCUT2D eigenvalue weighted by Crippen LogP contribution is 2.22. The molecule has 19 heavy (non-hydrogen) atoms. The van der Waals surface area contributed by atoms with Gasteiger partial charge in [0.2, 0.25) is 0 Å². The number of hydrogen-bond acceptors (Lipinski definition) is 4. The smallest absolute Gasteiger partial charge is 0.258 e. The van der Waals surface area contributed by atoms with Crippen LogP contribution in [0.1, 0.15) is 25.7 Å². The lowest BCUT2D eigenvalue weighted by Gasteiger charge is -2.27. The van der Waals surface area contributed by atoms with Crippen LogP contribution in [-0.4, -0.2) is 22.1 Å². The average molecular weight is 258 g/mol. The van der Waals surface area contributed by atoms with E-state index in [-0.39, 0.29) is 5.56 Å². The molecule has 0 spiro atoms. The lowest BCUT2D eigenvalue weighted by Crippen LogP contribution is -2.32. The van der Waals surface area contributed by atoms with E-state index in [1.165, 1.54) is 6.33 Å². The van der Waals surface area contributed by atoms with Crippen LogP contribution in [0.3, 0.4) is 0 Å². The molecule has 1 saturated carbocycles. The molecule has 0 bridgehead atoms. The van der Waals surface area contributed by atoms with Gasteiger partial charge in [-0.15, -0.1) is 0 Å². The molecule has 0 atom stereocenters. The minimum absolute atomic E-state index is 0.0970. The SMILES string of the molecule is N[C@H]1CC[C@H](Nc2ccc3c(=O)[nH]cnc3c2)CC1. The van der Waals surface area contributed by atoms with Crippen LogP contribution in [0.5, 0.6) is 0 Å². The van der Waals surface area contributed by atoms with E-state index >= 15 is 0 Å². The van der Waals surface area contributed by atoms with Crippen molar-refractivity contribution in [2.24, 2.45) is 5.73 Å². The standard InChI is InChI=1S/C14H18N4O/c15-9-1-3-10(4-2-9)18-11-5-6-12-13(7-11)16-8-17-14(12)19/h5-10,18H,1-4,15H2,(H,16,17,19)/t9-,10-. The zero-order valence-electron chi connectivity index (χ0n) is 10.7. The van der Waals surface area contributed by atoms with Crippen LogP contribution in [0, 0.1) is 0 Å². The predicted molar refractivity (Wildman–Crippen MR) is 76.2 cm³/mol. The van der Waals surface area contributed by atoms with Crippen LogP contribution in [0.25, 0.3) is 10.9 Å². The molecule has 0 amide bonds. The van der Waals surface area contributed by atoms with Crippen LogP contribution in [0.4, 0.5) is 5.69 Å².